The summed E-state index contributed by atoms with van der Waals surface area (Å²) in [4.78, 5) is 1.76. The van der Waals surface area contributed by atoms with E-state index in [0.29, 0.717) is 12.0 Å². The van der Waals surface area contributed by atoms with Gasteiger partial charge in [-0.25, -0.2) is 8.78 Å². The largest absolute Gasteiger partial charge is 0.312 e. The molecule has 0 aliphatic heterocycles. The van der Waals surface area contributed by atoms with Gasteiger partial charge in [0.05, 0.1) is 6.54 Å². The average molecular weight is 248 g/mol. The molecule has 0 aromatic rings. The molecule has 0 radical (unpaired) electrons. The molecule has 0 aromatic heterocycles. The molecule has 0 aromatic carbocycles. The van der Waals surface area contributed by atoms with Gasteiger partial charge in [0.2, 0.25) is 0 Å². The Kier molecular flexibility index (Phi) is 6.97. The summed E-state index contributed by atoms with van der Waals surface area (Å²) < 4.78 is 24.6. The van der Waals surface area contributed by atoms with Crippen molar-refractivity contribution in [3.63, 3.8) is 0 Å². The first-order valence-electron chi connectivity index (χ1n) is 6.83. The van der Waals surface area contributed by atoms with Crippen LogP contribution in [0, 0.1) is 5.92 Å². The van der Waals surface area contributed by atoms with Crippen LogP contribution in [0.2, 0.25) is 0 Å². The number of alkyl halides is 2. The zero-order valence-electron chi connectivity index (χ0n) is 11.1. The van der Waals surface area contributed by atoms with Gasteiger partial charge in [0.15, 0.2) is 0 Å². The van der Waals surface area contributed by atoms with Gasteiger partial charge in [0.25, 0.3) is 6.43 Å². The molecule has 1 unspecified atom stereocenters. The third-order valence-corrected chi connectivity index (χ3v) is 3.58. The lowest BCUT2D eigenvalue weighted by Gasteiger charge is -2.29. The van der Waals surface area contributed by atoms with Crippen molar-refractivity contribution in [1.29, 1.82) is 0 Å². The predicted molar refractivity (Wildman–Crippen MR) is 67.5 cm³/mol. The summed E-state index contributed by atoms with van der Waals surface area (Å²) in [7, 11) is 1.79. The summed E-state index contributed by atoms with van der Waals surface area (Å²) in [5.41, 5.74) is 0. The van der Waals surface area contributed by atoms with Crippen molar-refractivity contribution in [2.45, 2.75) is 51.5 Å². The van der Waals surface area contributed by atoms with Crippen LogP contribution in [-0.4, -0.2) is 44.0 Å². The van der Waals surface area contributed by atoms with Crippen LogP contribution in [0.25, 0.3) is 0 Å². The zero-order chi connectivity index (χ0) is 12.7. The molecule has 1 fully saturated rings. The number of rotatable bonds is 8. The minimum absolute atomic E-state index is 0.114. The number of hydrogen-bond donors (Lipinski definition) is 1. The fourth-order valence-electron chi connectivity index (χ4n) is 2.72. The lowest BCUT2D eigenvalue weighted by molar-refractivity contribution is 0.0917. The predicted octanol–water partition coefficient (Wildman–Crippen LogP) is 2.74. The Labute approximate surface area is 104 Å². The third kappa shape index (κ3) is 5.77. The average Bonchev–Trinajstić information content (AvgIpc) is 2.76. The van der Waals surface area contributed by atoms with E-state index in [1.165, 1.54) is 25.7 Å². The van der Waals surface area contributed by atoms with Crippen LogP contribution < -0.4 is 5.32 Å². The van der Waals surface area contributed by atoms with Crippen LogP contribution in [-0.2, 0) is 0 Å². The van der Waals surface area contributed by atoms with Crippen molar-refractivity contribution in [2.75, 3.05) is 26.7 Å². The van der Waals surface area contributed by atoms with Gasteiger partial charge in [-0.2, -0.15) is 0 Å². The van der Waals surface area contributed by atoms with E-state index in [-0.39, 0.29) is 6.54 Å². The molecule has 4 heteroatoms. The highest BCUT2D eigenvalue weighted by molar-refractivity contribution is 4.82. The van der Waals surface area contributed by atoms with E-state index in [9.17, 15) is 8.78 Å². The van der Waals surface area contributed by atoms with Crippen LogP contribution in [0.1, 0.15) is 39.0 Å². The number of likely N-dealkylation sites (N-methyl/N-ethyl adjacent to an activating group) is 1. The van der Waals surface area contributed by atoms with E-state index in [2.05, 4.69) is 12.2 Å². The van der Waals surface area contributed by atoms with Crippen LogP contribution in [0.4, 0.5) is 8.78 Å². The maximum absolute atomic E-state index is 12.3. The smallest absolute Gasteiger partial charge is 0.251 e. The van der Waals surface area contributed by atoms with Gasteiger partial charge >= 0.3 is 0 Å². The zero-order valence-corrected chi connectivity index (χ0v) is 11.1. The molecule has 102 valence electrons. The fourth-order valence-corrected chi connectivity index (χ4v) is 2.72. The molecule has 1 atom stereocenters. The molecule has 1 aliphatic carbocycles. The van der Waals surface area contributed by atoms with Gasteiger partial charge in [-0.15, -0.1) is 0 Å². The van der Waals surface area contributed by atoms with Crippen molar-refractivity contribution >= 4 is 0 Å². The van der Waals surface area contributed by atoms with E-state index in [0.717, 1.165) is 19.5 Å². The number of hydrogen-bond acceptors (Lipinski definition) is 2. The van der Waals surface area contributed by atoms with E-state index in [1.54, 1.807) is 11.9 Å². The second kappa shape index (κ2) is 7.98. The van der Waals surface area contributed by atoms with Gasteiger partial charge in [-0.05, 0) is 38.8 Å². The Morgan fingerprint density at radius 2 is 1.88 bits per heavy atom. The first kappa shape index (κ1) is 14.8. The van der Waals surface area contributed by atoms with Crippen molar-refractivity contribution in [1.82, 2.24) is 10.2 Å². The number of halogens is 2. The van der Waals surface area contributed by atoms with Gasteiger partial charge in [-0.3, -0.25) is 4.90 Å². The molecule has 0 amide bonds. The Morgan fingerprint density at radius 3 is 2.41 bits per heavy atom. The van der Waals surface area contributed by atoms with Crippen molar-refractivity contribution in [3.05, 3.63) is 0 Å². The van der Waals surface area contributed by atoms with Gasteiger partial charge in [-0.1, -0.05) is 19.8 Å². The summed E-state index contributed by atoms with van der Waals surface area (Å²) in [6, 6.07) is 0.390. The third-order valence-electron chi connectivity index (χ3n) is 3.58. The summed E-state index contributed by atoms with van der Waals surface area (Å²) in [6.07, 6.45) is 3.98. The second-order valence-electron chi connectivity index (χ2n) is 5.22. The minimum atomic E-state index is -2.23. The molecule has 17 heavy (non-hydrogen) atoms. The minimum Gasteiger partial charge on any atom is -0.312 e. The molecule has 1 saturated carbocycles. The highest BCUT2D eigenvalue weighted by atomic mass is 19.3. The molecule has 0 bridgehead atoms. The van der Waals surface area contributed by atoms with Crippen LogP contribution >= 0.6 is 0 Å². The Hall–Kier alpha value is -0.220. The maximum Gasteiger partial charge on any atom is 0.251 e. The Balaban J connectivity index is 2.38. The molecular formula is C13H26F2N2. The first-order valence-corrected chi connectivity index (χ1v) is 6.83. The SMILES string of the molecule is CCCNC(CN(C)CC(F)F)C1CCCC1. The van der Waals surface area contributed by atoms with E-state index < -0.39 is 6.43 Å². The molecule has 0 heterocycles. The van der Waals surface area contributed by atoms with Crippen molar-refractivity contribution < 1.29 is 8.78 Å². The molecule has 0 saturated heterocycles. The van der Waals surface area contributed by atoms with Crippen LogP contribution in [0.15, 0.2) is 0 Å². The van der Waals surface area contributed by atoms with Gasteiger partial charge in [0.1, 0.15) is 0 Å². The Bertz CT molecular complexity index is 194. The fraction of sp³-hybridized carbons (Fsp3) is 1.00. The quantitative estimate of drug-likeness (QED) is 0.710. The normalized spacial score (nSPS) is 19.4. The molecule has 1 aliphatic rings. The summed E-state index contributed by atoms with van der Waals surface area (Å²) >= 11 is 0. The number of nitrogens with one attached hydrogen (secondary N) is 1. The number of nitrogens with zero attached hydrogens (tertiary/aromatic N) is 1. The molecular weight excluding hydrogens is 222 g/mol. The molecule has 1 rings (SSSR count). The van der Waals surface area contributed by atoms with Gasteiger partial charge < -0.3 is 5.32 Å². The lowest BCUT2D eigenvalue weighted by atomic mass is 9.97. The summed E-state index contributed by atoms with van der Waals surface area (Å²) in [5.74, 6) is 0.682. The van der Waals surface area contributed by atoms with Crippen LogP contribution in [0.5, 0.6) is 0 Å². The highest BCUT2D eigenvalue weighted by Gasteiger charge is 2.25. The molecule has 2 nitrogen and oxygen atoms in total. The highest BCUT2D eigenvalue weighted by Crippen LogP contribution is 2.28. The van der Waals surface area contributed by atoms with Crippen LogP contribution in [0.3, 0.4) is 0 Å². The monoisotopic (exact) mass is 248 g/mol. The maximum atomic E-state index is 12.3. The standard InChI is InChI=1S/C13H26F2N2/c1-3-8-16-12(11-6-4-5-7-11)9-17(2)10-13(14)15/h11-13,16H,3-10H2,1-2H3. The van der Waals surface area contributed by atoms with E-state index in [1.807, 2.05) is 0 Å². The summed E-state index contributed by atoms with van der Waals surface area (Å²) in [5, 5.41) is 3.53. The van der Waals surface area contributed by atoms with Gasteiger partial charge in [0, 0.05) is 12.6 Å². The summed E-state index contributed by atoms with van der Waals surface area (Å²) in [6.45, 7) is 3.76. The van der Waals surface area contributed by atoms with E-state index in [4.69, 9.17) is 0 Å². The lowest BCUT2D eigenvalue weighted by Crippen LogP contribution is -2.45. The first-order chi connectivity index (χ1) is 8.13. The molecule has 1 N–H and O–H groups in total. The van der Waals surface area contributed by atoms with Crippen molar-refractivity contribution in [3.8, 4) is 0 Å². The van der Waals surface area contributed by atoms with E-state index >= 15 is 0 Å². The second-order valence-corrected chi connectivity index (χ2v) is 5.22. The Morgan fingerprint density at radius 1 is 1.24 bits per heavy atom. The van der Waals surface area contributed by atoms with Crippen molar-refractivity contribution in [2.24, 2.45) is 5.92 Å². The topological polar surface area (TPSA) is 15.3 Å². The molecule has 0 spiro atoms.